The SMILES string of the molecule is O=C(COC(=O)c1cc(=O)c2ccccc2o1)Nc1cccc(Oc2ccccc2)c1. The molecule has 1 heterocycles. The minimum atomic E-state index is -0.904. The summed E-state index contributed by atoms with van der Waals surface area (Å²) in [6, 6.07) is 23.6. The number of carbonyl (C=O) groups is 2. The highest BCUT2D eigenvalue weighted by atomic mass is 16.5. The Morgan fingerprint density at radius 3 is 2.42 bits per heavy atom. The van der Waals surface area contributed by atoms with Crippen LogP contribution in [0.15, 0.2) is 94.1 Å². The highest BCUT2D eigenvalue weighted by Crippen LogP contribution is 2.23. The second kappa shape index (κ2) is 8.96. The van der Waals surface area contributed by atoms with Crippen LogP contribution >= 0.6 is 0 Å². The molecule has 1 N–H and O–H groups in total. The standard InChI is InChI=1S/C24H17NO6/c26-20-14-22(31-21-12-5-4-11-19(20)21)24(28)29-15-23(27)25-16-7-6-10-18(13-16)30-17-8-2-1-3-9-17/h1-14H,15H2,(H,25,27). The van der Waals surface area contributed by atoms with E-state index < -0.39 is 18.5 Å². The maximum atomic E-state index is 12.2. The normalized spacial score (nSPS) is 10.5. The van der Waals surface area contributed by atoms with E-state index in [2.05, 4.69) is 5.32 Å². The largest absolute Gasteiger partial charge is 0.457 e. The fourth-order valence-electron chi connectivity index (χ4n) is 2.87. The minimum absolute atomic E-state index is 0.265. The van der Waals surface area contributed by atoms with Crippen molar-refractivity contribution < 1.29 is 23.5 Å². The Hall–Kier alpha value is -4.39. The predicted molar refractivity (Wildman–Crippen MR) is 114 cm³/mol. The molecule has 0 spiro atoms. The van der Waals surface area contributed by atoms with Crippen molar-refractivity contribution in [2.24, 2.45) is 0 Å². The average molecular weight is 415 g/mol. The van der Waals surface area contributed by atoms with Gasteiger partial charge in [0.25, 0.3) is 5.91 Å². The molecule has 3 aromatic carbocycles. The Kier molecular flexibility index (Phi) is 5.75. The second-order valence-corrected chi connectivity index (χ2v) is 6.54. The Balaban J connectivity index is 1.37. The van der Waals surface area contributed by atoms with E-state index in [1.807, 2.05) is 30.3 Å². The first-order valence-corrected chi connectivity index (χ1v) is 9.41. The lowest BCUT2D eigenvalue weighted by Gasteiger charge is -2.09. The van der Waals surface area contributed by atoms with Gasteiger partial charge in [-0.15, -0.1) is 0 Å². The van der Waals surface area contributed by atoms with E-state index in [0.717, 1.165) is 6.07 Å². The van der Waals surface area contributed by atoms with Crippen LogP contribution in [-0.2, 0) is 9.53 Å². The van der Waals surface area contributed by atoms with Crippen molar-refractivity contribution in [2.75, 3.05) is 11.9 Å². The molecular formula is C24H17NO6. The van der Waals surface area contributed by atoms with Crippen LogP contribution in [0.4, 0.5) is 5.69 Å². The number of amides is 1. The van der Waals surface area contributed by atoms with E-state index in [0.29, 0.717) is 22.6 Å². The number of hydrogen-bond acceptors (Lipinski definition) is 6. The lowest BCUT2D eigenvalue weighted by molar-refractivity contribution is -0.119. The minimum Gasteiger partial charge on any atom is -0.457 e. The van der Waals surface area contributed by atoms with E-state index in [1.54, 1.807) is 48.5 Å². The lowest BCUT2D eigenvalue weighted by atomic mass is 10.2. The molecule has 0 saturated carbocycles. The van der Waals surface area contributed by atoms with Crippen molar-refractivity contribution in [2.45, 2.75) is 0 Å². The zero-order chi connectivity index (χ0) is 21.6. The van der Waals surface area contributed by atoms with Gasteiger partial charge in [0.2, 0.25) is 5.76 Å². The van der Waals surface area contributed by atoms with Crippen LogP contribution in [0.1, 0.15) is 10.6 Å². The molecule has 31 heavy (non-hydrogen) atoms. The van der Waals surface area contributed by atoms with Crippen molar-refractivity contribution in [1.29, 1.82) is 0 Å². The van der Waals surface area contributed by atoms with Gasteiger partial charge in [-0.05, 0) is 36.4 Å². The summed E-state index contributed by atoms with van der Waals surface area (Å²) >= 11 is 0. The third-order valence-corrected chi connectivity index (χ3v) is 4.27. The fraction of sp³-hybridized carbons (Fsp3) is 0.0417. The summed E-state index contributed by atoms with van der Waals surface area (Å²) in [6.07, 6.45) is 0. The summed E-state index contributed by atoms with van der Waals surface area (Å²) in [5.74, 6) is -0.516. The van der Waals surface area contributed by atoms with Crippen molar-refractivity contribution in [3.63, 3.8) is 0 Å². The van der Waals surface area contributed by atoms with Crippen molar-refractivity contribution in [3.8, 4) is 11.5 Å². The summed E-state index contributed by atoms with van der Waals surface area (Å²) in [7, 11) is 0. The molecule has 4 aromatic rings. The van der Waals surface area contributed by atoms with E-state index in [9.17, 15) is 14.4 Å². The van der Waals surface area contributed by atoms with Gasteiger partial charge >= 0.3 is 5.97 Å². The smallest absolute Gasteiger partial charge is 0.374 e. The predicted octanol–water partition coefficient (Wildman–Crippen LogP) is 4.38. The molecule has 1 amide bonds. The number of benzene rings is 3. The van der Waals surface area contributed by atoms with E-state index >= 15 is 0 Å². The highest BCUT2D eigenvalue weighted by molar-refractivity contribution is 5.95. The summed E-state index contributed by atoms with van der Waals surface area (Å²) in [5, 5.41) is 2.98. The van der Waals surface area contributed by atoms with Crippen LogP contribution in [0.3, 0.4) is 0 Å². The molecular weight excluding hydrogens is 398 g/mol. The first-order valence-electron chi connectivity index (χ1n) is 9.41. The number of carbonyl (C=O) groups excluding carboxylic acids is 2. The Labute approximate surface area is 176 Å². The van der Waals surface area contributed by atoms with Gasteiger partial charge in [-0.2, -0.15) is 0 Å². The van der Waals surface area contributed by atoms with Crippen LogP contribution in [0.5, 0.6) is 11.5 Å². The van der Waals surface area contributed by atoms with Gasteiger partial charge in [0.15, 0.2) is 12.0 Å². The number of hydrogen-bond donors (Lipinski definition) is 1. The van der Waals surface area contributed by atoms with Crippen LogP contribution < -0.4 is 15.5 Å². The van der Waals surface area contributed by atoms with Gasteiger partial charge < -0.3 is 19.2 Å². The van der Waals surface area contributed by atoms with E-state index in [4.69, 9.17) is 13.9 Å². The third-order valence-electron chi connectivity index (χ3n) is 4.27. The maximum absolute atomic E-state index is 12.2. The number of anilines is 1. The molecule has 0 radical (unpaired) electrons. The molecule has 0 fully saturated rings. The molecule has 7 heteroatoms. The van der Waals surface area contributed by atoms with Gasteiger partial charge in [0.1, 0.15) is 17.1 Å². The highest BCUT2D eigenvalue weighted by Gasteiger charge is 2.15. The molecule has 0 bridgehead atoms. The molecule has 0 aliphatic carbocycles. The molecule has 0 aliphatic rings. The molecule has 154 valence electrons. The summed E-state index contributed by atoms with van der Waals surface area (Å²) in [5.41, 5.74) is 0.377. The molecule has 4 rings (SSSR count). The number of para-hydroxylation sites is 2. The zero-order valence-corrected chi connectivity index (χ0v) is 16.2. The third kappa shape index (κ3) is 4.97. The number of rotatable bonds is 6. The van der Waals surface area contributed by atoms with Crippen LogP contribution in [0.25, 0.3) is 11.0 Å². The molecule has 0 saturated heterocycles. The van der Waals surface area contributed by atoms with Gasteiger partial charge in [-0.3, -0.25) is 9.59 Å². The van der Waals surface area contributed by atoms with Crippen LogP contribution in [0.2, 0.25) is 0 Å². The summed E-state index contributed by atoms with van der Waals surface area (Å²) in [6.45, 7) is -0.543. The maximum Gasteiger partial charge on any atom is 0.374 e. The first-order chi connectivity index (χ1) is 15.1. The quantitative estimate of drug-likeness (QED) is 0.470. The monoisotopic (exact) mass is 415 g/mol. The van der Waals surface area contributed by atoms with Gasteiger partial charge in [-0.1, -0.05) is 36.4 Å². The van der Waals surface area contributed by atoms with Crippen molar-refractivity contribution in [1.82, 2.24) is 0 Å². The zero-order valence-electron chi connectivity index (χ0n) is 16.2. The van der Waals surface area contributed by atoms with Gasteiger partial charge in [-0.25, -0.2) is 4.79 Å². The van der Waals surface area contributed by atoms with E-state index in [-0.39, 0.29) is 16.8 Å². The molecule has 0 atom stereocenters. The number of nitrogens with one attached hydrogen (secondary N) is 1. The fourth-order valence-corrected chi connectivity index (χ4v) is 2.87. The number of fused-ring (bicyclic) bond motifs is 1. The van der Waals surface area contributed by atoms with Gasteiger partial charge in [0, 0.05) is 17.8 Å². The average Bonchev–Trinajstić information content (AvgIpc) is 2.78. The van der Waals surface area contributed by atoms with E-state index in [1.165, 1.54) is 0 Å². The van der Waals surface area contributed by atoms with Crippen LogP contribution in [-0.4, -0.2) is 18.5 Å². The molecule has 7 nitrogen and oxygen atoms in total. The Bertz CT molecular complexity index is 1300. The summed E-state index contributed by atoms with van der Waals surface area (Å²) in [4.78, 5) is 36.5. The molecule has 0 aliphatic heterocycles. The van der Waals surface area contributed by atoms with Crippen LogP contribution in [0, 0.1) is 0 Å². The van der Waals surface area contributed by atoms with Gasteiger partial charge in [0.05, 0.1) is 5.39 Å². The Morgan fingerprint density at radius 2 is 1.58 bits per heavy atom. The van der Waals surface area contributed by atoms with Crippen molar-refractivity contribution >= 4 is 28.5 Å². The Morgan fingerprint density at radius 1 is 0.839 bits per heavy atom. The summed E-state index contributed by atoms with van der Waals surface area (Å²) < 4.78 is 16.1. The lowest BCUT2D eigenvalue weighted by Crippen LogP contribution is -2.21. The first kappa shape index (κ1) is 19.9. The number of ether oxygens (including phenoxy) is 2. The molecule has 1 aromatic heterocycles. The van der Waals surface area contributed by atoms with Crippen molar-refractivity contribution in [3.05, 3.63) is 101 Å². The number of esters is 1. The molecule has 0 unspecified atom stereocenters. The topological polar surface area (TPSA) is 94.8 Å². The second-order valence-electron chi connectivity index (χ2n) is 6.54.